The second kappa shape index (κ2) is 3.96. The van der Waals surface area contributed by atoms with Gasteiger partial charge >= 0.3 is 0 Å². The summed E-state index contributed by atoms with van der Waals surface area (Å²) in [5.74, 6) is 0.128. The summed E-state index contributed by atoms with van der Waals surface area (Å²) < 4.78 is 0.671. The molecular weight excluding hydrogens is 351 g/mol. The van der Waals surface area contributed by atoms with Crippen LogP contribution in [0.3, 0.4) is 0 Å². The van der Waals surface area contributed by atoms with E-state index in [0.717, 1.165) is 11.0 Å². The van der Waals surface area contributed by atoms with E-state index in [-0.39, 0.29) is 5.75 Å². The van der Waals surface area contributed by atoms with E-state index in [1.54, 1.807) is 6.07 Å². The zero-order valence-electron chi connectivity index (χ0n) is 8.48. The van der Waals surface area contributed by atoms with Gasteiger partial charge in [0.2, 0.25) is 0 Å². The maximum atomic E-state index is 9.97. The molecule has 0 spiro atoms. The Morgan fingerprint density at radius 2 is 1.65 bits per heavy atom. The second-order valence-electron chi connectivity index (χ2n) is 3.60. The van der Waals surface area contributed by atoms with Gasteiger partial charge in [-0.2, -0.15) is 0 Å². The van der Waals surface area contributed by atoms with Crippen molar-refractivity contribution in [3.8, 4) is 5.75 Å². The molecule has 2 aromatic carbocycles. The lowest BCUT2D eigenvalue weighted by molar-refractivity contribution is 0.476. The van der Waals surface area contributed by atoms with E-state index < -0.39 is 0 Å². The topological polar surface area (TPSA) is 46.0 Å². The van der Waals surface area contributed by atoms with Crippen molar-refractivity contribution < 1.29 is 5.11 Å². The monoisotopic (exact) mass is 356 g/mol. The lowest BCUT2D eigenvalue weighted by Crippen LogP contribution is -1.90. The number of phenols is 1. The molecule has 0 radical (unpaired) electrons. The van der Waals surface area contributed by atoms with Crippen molar-refractivity contribution in [1.82, 2.24) is 9.97 Å². The number of nitrogens with zero attached hydrogens (tertiary/aromatic N) is 2. The molecule has 3 rings (SSSR count). The minimum Gasteiger partial charge on any atom is -0.505 e. The zero-order valence-corrected chi connectivity index (χ0v) is 11.4. The number of hydrogen-bond donors (Lipinski definition) is 1. The third-order valence-electron chi connectivity index (χ3n) is 2.50. The number of aromatic hydroxyl groups is 1. The van der Waals surface area contributed by atoms with Crippen LogP contribution in [-0.2, 0) is 0 Å². The molecule has 3 nitrogen and oxygen atoms in total. The van der Waals surface area contributed by atoms with E-state index in [2.05, 4.69) is 9.97 Å². The molecule has 0 saturated carbocycles. The second-order valence-corrected chi connectivity index (χ2v) is 5.17. The number of rotatable bonds is 0. The first-order valence-corrected chi connectivity index (χ1v) is 6.36. The van der Waals surface area contributed by atoms with Crippen LogP contribution in [0, 0.1) is 3.57 Å². The molecule has 5 heteroatoms. The van der Waals surface area contributed by atoms with Crippen molar-refractivity contribution in [3.63, 3.8) is 0 Å². The van der Waals surface area contributed by atoms with E-state index in [0.29, 0.717) is 19.6 Å². The number of halogens is 2. The van der Waals surface area contributed by atoms with Gasteiger partial charge in [0.25, 0.3) is 0 Å². The fourth-order valence-corrected chi connectivity index (χ4v) is 2.68. The molecule has 0 fully saturated rings. The predicted octanol–water partition coefficient (Wildman–Crippen LogP) is 3.75. The van der Waals surface area contributed by atoms with Crippen LogP contribution in [0.5, 0.6) is 5.75 Å². The van der Waals surface area contributed by atoms with Crippen molar-refractivity contribution >= 4 is 56.3 Å². The number of fused-ring (bicyclic) bond motifs is 2. The smallest absolute Gasteiger partial charge is 0.156 e. The molecule has 0 aliphatic heterocycles. The summed E-state index contributed by atoms with van der Waals surface area (Å²) >= 11 is 8.14. The lowest BCUT2D eigenvalue weighted by Gasteiger charge is -2.05. The normalized spacial score (nSPS) is 11.2. The molecule has 17 heavy (non-hydrogen) atoms. The third-order valence-corrected chi connectivity index (χ3v) is 3.61. The van der Waals surface area contributed by atoms with E-state index in [9.17, 15) is 5.11 Å². The van der Waals surface area contributed by atoms with Crippen LogP contribution < -0.4 is 0 Å². The van der Waals surface area contributed by atoms with Gasteiger partial charge in [-0.25, -0.2) is 9.97 Å². The van der Waals surface area contributed by atoms with Crippen molar-refractivity contribution in [2.45, 2.75) is 0 Å². The quantitative estimate of drug-likeness (QED) is 0.493. The Kier molecular flexibility index (Phi) is 2.56. The lowest BCUT2D eigenvalue weighted by atomic mass is 10.2. The fourth-order valence-electron chi connectivity index (χ4n) is 1.69. The van der Waals surface area contributed by atoms with Gasteiger partial charge < -0.3 is 5.11 Å². The summed E-state index contributed by atoms with van der Waals surface area (Å²) in [4.78, 5) is 8.82. The summed E-state index contributed by atoms with van der Waals surface area (Å²) in [7, 11) is 0. The zero-order chi connectivity index (χ0) is 12.0. The molecule has 0 aliphatic carbocycles. The Bertz CT molecular complexity index is 745. The van der Waals surface area contributed by atoms with Gasteiger partial charge in [0, 0.05) is 0 Å². The highest BCUT2D eigenvalue weighted by atomic mass is 127. The maximum absolute atomic E-state index is 9.97. The number of para-hydroxylation sites is 2. The molecule has 0 atom stereocenters. The Balaban J connectivity index is 2.56. The molecule has 3 aromatic rings. The average molecular weight is 357 g/mol. The molecule has 0 aliphatic rings. The summed E-state index contributed by atoms with van der Waals surface area (Å²) in [6.07, 6.45) is 0. The van der Waals surface area contributed by atoms with Crippen LogP contribution in [0.4, 0.5) is 0 Å². The number of phenolic OH excluding ortho intramolecular Hbond substituents is 1. The van der Waals surface area contributed by atoms with Gasteiger partial charge in [-0.15, -0.1) is 0 Å². The van der Waals surface area contributed by atoms with Crippen LogP contribution in [0.15, 0.2) is 30.3 Å². The van der Waals surface area contributed by atoms with Crippen molar-refractivity contribution in [2.75, 3.05) is 0 Å². The summed E-state index contributed by atoms with van der Waals surface area (Å²) in [6.45, 7) is 0. The molecule has 0 saturated heterocycles. The molecule has 0 amide bonds. The summed E-state index contributed by atoms with van der Waals surface area (Å²) in [5, 5.41) is 10.5. The standard InChI is InChI=1S/C12H6ClIN2O/c13-6-5-7(14)12(17)11-10(6)15-8-3-1-2-4-9(8)16-11/h1-5,17H. The molecule has 1 aromatic heterocycles. The minimum atomic E-state index is 0.128. The molecule has 0 bridgehead atoms. The van der Waals surface area contributed by atoms with E-state index >= 15 is 0 Å². The Morgan fingerprint density at radius 3 is 2.29 bits per heavy atom. The highest BCUT2D eigenvalue weighted by molar-refractivity contribution is 14.1. The Labute approximate surface area is 116 Å². The highest BCUT2D eigenvalue weighted by Crippen LogP contribution is 2.33. The van der Waals surface area contributed by atoms with Gasteiger partial charge in [0.1, 0.15) is 11.0 Å². The van der Waals surface area contributed by atoms with Crippen LogP contribution in [0.1, 0.15) is 0 Å². The predicted molar refractivity (Wildman–Crippen MR) is 76.4 cm³/mol. The van der Waals surface area contributed by atoms with Crippen LogP contribution in [-0.4, -0.2) is 15.1 Å². The molecule has 1 heterocycles. The third kappa shape index (κ3) is 1.71. The van der Waals surface area contributed by atoms with E-state index in [1.165, 1.54) is 0 Å². The molecular formula is C12H6ClIN2O. The number of benzene rings is 2. The van der Waals surface area contributed by atoms with Crippen molar-refractivity contribution in [1.29, 1.82) is 0 Å². The van der Waals surface area contributed by atoms with Crippen molar-refractivity contribution in [2.24, 2.45) is 0 Å². The SMILES string of the molecule is Oc1c(I)cc(Cl)c2nc3ccccc3nc12. The number of hydrogen-bond acceptors (Lipinski definition) is 3. The van der Waals surface area contributed by atoms with Gasteiger partial charge in [0.15, 0.2) is 5.75 Å². The van der Waals surface area contributed by atoms with E-state index in [1.807, 2.05) is 46.9 Å². The average Bonchev–Trinajstić information content (AvgIpc) is 2.34. The van der Waals surface area contributed by atoms with Crippen LogP contribution in [0.25, 0.3) is 22.1 Å². The molecule has 1 N–H and O–H groups in total. The first-order chi connectivity index (χ1) is 8.16. The summed E-state index contributed by atoms with van der Waals surface area (Å²) in [6, 6.07) is 9.18. The maximum Gasteiger partial charge on any atom is 0.156 e. The van der Waals surface area contributed by atoms with Gasteiger partial charge in [-0.3, -0.25) is 0 Å². The molecule has 0 unspecified atom stereocenters. The van der Waals surface area contributed by atoms with Gasteiger partial charge in [-0.05, 0) is 40.8 Å². The van der Waals surface area contributed by atoms with Crippen LogP contribution in [0.2, 0.25) is 5.02 Å². The van der Waals surface area contributed by atoms with Crippen molar-refractivity contribution in [3.05, 3.63) is 38.9 Å². The Hall–Kier alpha value is -1.14. The first-order valence-electron chi connectivity index (χ1n) is 4.90. The minimum absolute atomic E-state index is 0.128. The summed E-state index contributed by atoms with van der Waals surface area (Å²) in [5.41, 5.74) is 2.49. The largest absolute Gasteiger partial charge is 0.505 e. The van der Waals surface area contributed by atoms with Crippen LogP contribution >= 0.6 is 34.2 Å². The highest BCUT2D eigenvalue weighted by Gasteiger charge is 2.12. The van der Waals surface area contributed by atoms with Gasteiger partial charge in [-0.1, -0.05) is 23.7 Å². The fraction of sp³-hybridized carbons (Fsp3) is 0. The Morgan fingerprint density at radius 1 is 1.06 bits per heavy atom. The number of aromatic nitrogens is 2. The van der Waals surface area contributed by atoms with Gasteiger partial charge in [0.05, 0.1) is 19.6 Å². The first kappa shape index (κ1) is 11.0. The molecule has 84 valence electrons. The van der Waals surface area contributed by atoms with E-state index in [4.69, 9.17) is 11.6 Å².